The Hall–Kier alpha value is -1.50. The topological polar surface area (TPSA) is 189 Å². The molecule has 0 fully saturated rings. The molecule has 0 spiro atoms. The second-order valence-electron chi connectivity index (χ2n) is 6.50. The first-order chi connectivity index (χ1) is 13.3. The van der Waals surface area contributed by atoms with Gasteiger partial charge in [-0.25, -0.2) is 4.57 Å². The van der Waals surface area contributed by atoms with Crippen LogP contribution in [0.25, 0.3) is 0 Å². The first-order valence-corrected chi connectivity index (χ1v) is 10.9. The average molecular weight is 458 g/mol. The number of carboxylic acid groups (broad SMARTS) is 1. The molecule has 0 aliphatic rings. The van der Waals surface area contributed by atoms with Crippen molar-refractivity contribution in [3.8, 4) is 0 Å². The van der Waals surface area contributed by atoms with Crippen molar-refractivity contribution in [2.24, 2.45) is 5.41 Å². The number of hydrogen-bond acceptors (Lipinski definition) is 9. The summed E-state index contributed by atoms with van der Waals surface area (Å²) in [6, 6.07) is 0. The molecule has 5 N–H and O–H groups in total. The number of hydrogen-bond donors (Lipinski definition) is 5. The Bertz CT molecular complexity index is 643. The lowest BCUT2D eigenvalue weighted by atomic mass is 9.87. The maximum absolute atomic E-state index is 12.0. The maximum atomic E-state index is 12.0. The lowest BCUT2D eigenvalue weighted by Crippen LogP contribution is -2.46. The third-order valence-corrected chi connectivity index (χ3v) is 5.24. The van der Waals surface area contributed by atoms with Gasteiger partial charge in [-0.15, -0.1) is 0 Å². The third-order valence-electron chi connectivity index (χ3n) is 3.45. The normalized spacial score (nSPS) is 14.5. The molecule has 0 heterocycles. The molecule has 0 aliphatic heterocycles. The maximum Gasteiger partial charge on any atom is 0.471 e. The summed E-state index contributed by atoms with van der Waals surface area (Å²) in [6.45, 7) is 2.55. The van der Waals surface area contributed by atoms with Gasteiger partial charge in [0.15, 0.2) is 5.12 Å². The highest BCUT2D eigenvalue weighted by atomic mass is 32.2. The van der Waals surface area contributed by atoms with E-state index >= 15 is 0 Å². The summed E-state index contributed by atoms with van der Waals surface area (Å²) in [4.78, 5) is 54.3. The molecule has 0 aromatic heterocycles. The molecule has 0 rings (SSSR count). The number of aliphatic hydroxyl groups excluding tert-OH is 1. The van der Waals surface area contributed by atoms with Crippen LogP contribution in [0.1, 0.15) is 26.7 Å². The summed E-state index contributed by atoms with van der Waals surface area (Å²) >= 11 is 0.794. The lowest BCUT2D eigenvalue weighted by Gasteiger charge is -2.29. The number of carbonyl (C=O) groups is 4. The van der Waals surface area contributed by atoms with Crippen molar-refractivity contribution in [2.45, 2.75) is 32.8 Å². The Morgan fingerprint density at radius 1 is 1.17 bits per heavy atom. The summed E-state index contributed by atoms with van der Waals surface area (Å²) in [5, 5.41) is 22.9. The smallest absolute Gasteiger partial charge is 0.471 e. The second kappa shape index (κ2) is 12.9. The number of thioether (sulfide) groups is 1. The number of aliphatic carboxylic acids is 1. The van der Waals surface area contributed by atoms with Crippen molar-refractivity contribution in [2.75, 3.05) is 32.6 Å². The van der Waals surface area contributed by atoms with Crippen molar-refractivity contribution >= 4 is 42.5 Å². The zero-order valence-corrected chi connectivity index (χ0v) is 18.1. The second-order valence-corrected chi connectivity index (χ2v) is 9.21. The van der Waals surface area contributed by atoms with Gasteiger partial charge in [-0.2, -0.15) is 0 Å². The van der Waals surface area contributed by atoms with Crippen LogP contribution < -0.4 is 10.6 Å². The van der Waals surface area contributed by atoms with Crippen LogP contribution in [0, 0.1) is 5.41 Å². The van der Waals surface area contributed by atoms with Crippen LogP contribution in [0.4, 0.5) is 0 Å². The van der Waals surface area contributed by atoms with Gasteiger partial charge < -0.3 is 25.7 Å². The highest BCUT2D eigenvalue weighted by molar-refractivity contribution is 8.13. The van der Waals surface area contributed by atoms with Gasteiger partial charge in [-0.05, 0) is 0 Å². The van der Waals surface area contributed by atoms with Crippen LogP contribution in [0.3, 0.4) is 0 Å². The molecule has 2 amide bonds. The Morgan fingerprint density at radius 3 is 2.34 bits per heavy atom. The number of phosphoric ester groups is 1. The largest absolute Gasteiger partial charge is 0.481 e. The molecular weight excluding hydrogens is 431 g/mol. The Balaban J connectivity index is 4.14. The minimum Gasteiger partial charge on any atom is -0.481 e. The minimum absolute atomic E-state index is 0.0691. The Labute approximate surface area is 172 Å². The van der Waals surface area contributed by atoms with E-state index in [1.54, 1.807) is 0 Å². The molecule has 0 aliphatic carbocycles. The standard InChI is InChI=1S/C15H27N2O10PS/c1-15(2,9-27-28(24,25)26-3)13(22)14(23)17-5-4-10(18)16-6-7-29-12(21)8-11(19)20/h13,22H,4-9H2,1-3H3,(H,16,18)(H,17,23)(H,19,20)(H,24,25). The van der Waals surface area contributed by atoms with E-state index in [1.807, 2.05) is 0 Å². The summed E-state index contributed by atoms with van der Waals surface area (Å²) in [6.07, 6.45) is -2.24. The molecule has 0 bridgehead atoms. The first-order valence-electron chi connectivity index (χ1n) is 8.43. The van der Waals surface area contributed by atoms with Gasteiger partial charge in [0, 0.05) is 37.8 Å². The van der Waals surface area contributed by atoms with Gasteiger partial charge in [-0.3, -0.25) is 28.2 Å². The van der Waals surface area contributed by atoms with Crippen LogP contribution in [-0.2, 0) is 32.8 Å². The number of carbonyl (C=O) groups excluding carboxylic acids is 3. The molecule has 0 aromatic rings. The number of aliphatic hydroxyl groups is 1. The van der Waals surface area contributed by atoms with Crippen molar-refractivity contribution in [3.05, 3.63) is 0 Å². The fourth-order valence-corrected chi connectivity index (χ4v) is 3.01. The van der Waals surface area contributed by atoms with Crippen molar-refractivity contribution < 1.29 is 47.9 Å². The summed E-state index contributed by atoms with van der Waals surface area (Å²) in [5.74, 6) is -2.20. The molecule has 12 nitrogen and oxygen atoms in total. The summed E-state index contributed by atoms with van der Waals surface area (Å²) in [5.41, 5.74) is -1.21. The van der Waals surface area contributed by atoms with E-state index in [-0.39, 0.29) is 25.3 Å². The fourth-order valence-electron chi connectivity index (χ4n) is 1.75. The molecule has 168 valence electrons. The number of rotatable bonds is 14. The van der Waals surface area contributed by atoms with Gasteiger partial charge in [0.2, 0.25) is 11.8 Å². The Kier molecular flexibility index (Phi) is 12.3. The zero-order chi connectivity index (χ0) is 22.7. The van der Waals surface area contributed by atoms with Gasteiger partial charge in [-0.1, -0.05) is 25.6 Å². The van der Waals surface area contributed by atoms with E-state index in [0.717, 1.165) is 18.9 Å². The van der Waals surface area contributed by atoms with Crippen LogP contribution >= 0.6 is 19.6 Å². The van der Waals surface area contributed by atoms with Crippen molar-refractivity contribution in [1.82, 2.24) is 10.6 Å². The van der Waals surface area contributed by atoms with Gasteiger partial charge in [0.05, 0.1) is 6.61 Å². The molecule has 0 saturated carbocycles. The predicted molar refractivity (Wildman–Crippen MR) is 103 cm³/mol. The van der Waals surface area contributed by atoms with E-state index in [1.165, 1.54) is 13.8 Å². The van der Waals surface area contributed by atoms with Gasteiger partial charge in [0.1, 0.15) is 12.5 Å². The molecule has 2 unspecified atom stereocenters. The number of amides is 2. The minimum atomic E-state index is -4.25. The highest BCUT2D eigenvalue weighted by Gasteiger charge is 2.36. The number of carboxylic acids is 1. The fraction of sp³-hybridized carbons (Fsp3) is 0.733. The summed E-state index contributed by atoms with van der Waals surface area (Å²) in [7, 11) is -3.27. The van der Waals surface area contributed by atoms with Crippen LogP contribution in [0.15, 0.2) is 0 Å². The number of phosphoric acid groups is 1. The van der Waals surface area contributed by atoms with Gasteiger partial charge in [0.25, 0.3) is 0 Å². The summed E-state index contributed by atoms with van der Waals surface area (Å²) < 4.78 is 20.2. The van der Waals surface area contributed by atoms with E-state index in [9.17, 15) is 33.7 Å². The molecular formula is C15H27N2O10PS. The van der Waals surface area contributed by atoms with E-state index in [0.29, 0.717) is 0 Å². The van der Waals surface area contributed by atoms with Crippen LogP contribution in [0.5, 0.6) is 0 Å². The monoisotopic (exact) mass is 458 g/mol. The molecule has 29 heavy (non-hydrogen) atoms. The average Bonchev–Trinajstić information content (AvgIpc) is 2.62. The molecule has 14 heteroatoms. The van der Waals surface area contributed by atoms with E-state index < -0.39 is 55.3 Å². The van der Waals surface area contributed by atoms with Gasteiger partial charge >= 0.3 is 13.8 Å². The third kappa shape index (κ3) is 12.6. The Morgan fingerprint density at radius 2 is 1.79 bits per heavy atom. The number of nitrogens with one attached hydrogen (secondary N) is 2. The van der Waals surface area contributed by atoms with Crippen molar-refractivity contribution in [1.29, 1.82) is 0 Å². The predicted octanol–water partition coefficient (Wildman–Crippen LogP) is -0.506. The van der Waals surface area contributed by atoms with Crippen molar-refractivity contribution in [3.63, 3.8) is 0 Å². The quantitative estimate of drug-likeness (QED) is 0.128. The zero-order valence-electron chi connectivity index (χ0n) is 16.4. The van der Waals surface area contributed by atoms with E-state index in [4.69, 9.17) is 5.11 Å². The van der Waals surface area contributed by atoms with Crippen LogP contribution in [0.2, 0.25) is 0 Å². The first kappa shape index (κ1) is 27.5. The van der Waals surface area contributed by atoms with E-state index in [2.05, 4.69) is 19.7 Å². The SMILES string of the molecule is COP(=O)(O)OCC(C)(C)C(O)C(=O)NCCC(=O)NCCSC(=O)CC(=O)O. The molecule has 0 radical (unpaired) electrons. The molecule has 2 atom stereocenters. The lowest BCUT2D eigenvalue weighted by molar-refractivity contribution is -0.139. The molecule has 0 aromatic carbocycles. The van der Waals surface area contributed by atoms with Crippen LogP contribution in [-0.4, -0.2) is 76.7 Å². The molecule has 0 saturated heterocycles. The highest BCUT2D eigenvalue weighted by Crippen LogP contribution is 2.43.